The maximum atomic E-state index is 14.4. The fourth-order valence-electron chi connectivity index (χ4n) is 6.12. The lowest BCUT2D eigenvalue weighted by atomic mass is 9.96. The number of aromatic nitrogens is 1. The molecule has 17 heteroatoms. The number of nitriles is 1. The van der Waals surface area contributed by atoms with Crippen LogP contribution in [0, 0.1) is 11.5 Å². The zero-order valence-corrected chi connectivity index (χ0v) is 28.6. The van der Waals surface area contributed by atoms with Gasteiger partial charge in [0.2, 0.25) is 5.91 Å². The average molecular weight is 717 g/mol. The van der Waals surface area contributed by atoms with Crippen LogP contribution in [0.5, 0.6) is 0 Å². The van der Waals surface area contributed by atoms with Crippen LogP contribution < -0.4 is 10.2 Å². The summed E-state index contributed by atoms with van der Waals surface area (Å²) in [5.74, 6) is -1.64. The Balaban J connectivity index is 1.78. The number of hydrogen-bond donors (Lipinski definition) is 1. The van der Waals surface area contributed by atoms with Gasteiger partial charge in [0.15, 0.2) is 6.19 Å². The highest BCUT2D eigenvalue weighted by Gasteiger charge is 2.65. The van der Waals surface area contributed by atoms with Crippen molar-refractivity contribution >= 4 is 33.8 Å². The van der Waals surface area contributed by atoms with Crippen molar-refractivity contribution in [2.24, 2.45) is 0 Å². The van der Waals surface area contributed by atoms with E-state index in [4.69, 9.17) is 9.47 Å². The lowest BCUT2D eigenvalue weighted by Gasteiger charge is -2.41. The Morgan fingerprint density at radius 3 is 2.33 bits per heavy atom. The second-order valence-electron chi connectivity index (χ2n) is 13.3. The number of rotatable bonds is 9. The van der Waals surface area contributed by atoms with Crippen LogP contribution in [-0.2, 0) is 19.1 Å². The first-order chi connectivity index (χ1) is 22.6. The van der Waals surface area contributed by atoms with Gasteiger partial charge in [0, 0.05) is 49.8 Å². The lowest BCUT2D eigenvalue weighted by molar-refractivity contribution is -0.129. The molecule has 3 heterocycles. The third kappa shape index (κ3) is 9.09. The highest BCUT2D eigenvalue weighted by Crippen LogP contribution is 3.02. The number of hydrogen-bond acceptors (Lipinski definition) is 8. The van der Waals surface area contributed by atoms with Crippen LogP contribution in [0.2, 0.25) is 0 Å². The number of methoxy groups -OCH3 is 1. The largest absolute Gasteiger partial charge is 0.444 e. The quantitative estimate of drug-likeness (QED) is 0.225. The fraction of sp³-hybridized carbons (Fsp3) is 0.531. The van der Waals surface area contributed by atoms with Gasteiger partial charge in [-0.3, -0.25) is 24.4 Å². The van der Waals surface area contributed by atoms with Gasteiger partial charge in [0.25, 0.3) is 5.91 Å². The molecule has 0 aliphatic carbocycles. The molecule has 49 heavy (non-hydrogen) atoms. The minimum atomic E-state index is -10.1. The fourth-order valence-corrected chi connectivity index (χ4v) is 6.77. The van der Waals surface area contributed by atoms with Crippen molar-refractivity contribution in [1.29, 1.82) is 5.26 Å². The molecule has 1 aromatic carbocycles. The smallest absolute Gasteiger partial charge is 0.410 e. The number of ether oxygens (including phenoxy) is 2. The molecular formula is C32H41F5N6O5S. The van der Waals surface area contributed by atoms with Crippen molar-refractivity contribution in [1.82, 2.24) is 20.1 Å². The molecule has 3 amide bonds. The monoisotopic (exact) mass is 716 g/mol. The van der Waals surface area contributed by atoms with Crippen LogP contribution in [0.3, 0.4) is 0 Å². The standard InChI is InChI=1S/C32H41F5N6O5S/c1-21(26-10-6-7-16-42(26)31(46)48-32(2,3)4)40-29(44)28(22-9-8-15-39-18-22)43(30(45)27-17-24(47-5)19-41(27)20-38)23-11-13-25(14-12-23)49(33,34,35,36)37/h8-9,11-15,18,21,24,26-28H,6-7,10,16-17,19H2,1-5H3,(H,40,44)/t21?,24-,26?,27-,28?/m1/s1. The second kappa shape index (κ2) is 13.3. The summed E-state index contributed by atoms with van der Waals surface area (Å²) in [5.41, 5.74) is -0.932. The van der Waals surface area contributed by atoms with E-state index in [9.17, 15) is 39.1 Å². The Morgan fingerprint density at radius 1 is 1.10 bits per heavy atom. The van der Waals surface area contributed by atoms with Crippen LogP contribution in [0.25, 0.3) is 0 Å². The summed E-state index contributed by atoms with van der Waals surface area (Å²) in [7, 11) is -8.70. The van der Waals surface area contributed by atoms with Gasteiger partial charge in [-0.05, 0) is 77.3 Å². The number of nitrogens with zero attached hydrogens (tertiary/aromatic N) is 5. The number of carbonyl (C=O) groups excluding carboxylic acids is 3. The molecule has 0 spiro atoms. The Labute approximate surface area is 282 Å². The molecule has 0 bridgehead atoms. The van der Waals surface area contributed by atoms with Crippen LogP contribution in [0.1, 0.15) is 65.0 Å². The summed E-state index contributed by atoms with van der Waals surface area (Å²) in [6, 6.07) is 0.676. The first-order valence-corrected chi connectivity index (χ1v) is 17.6. The normalized spacial score (nSPS) is 22.6. The van der Waals surface area contributed by atoms with E-state index in [1.54, 1.807) is 27.7 Å². The third-order valence-corrected chi connectivity index (χ3v) is 9.60. The van der Waals surface area contributed by atoms with Crippen molar-refractivity contribution in [3.8, 4) is 6.19 Å². The van der Waals surface area contributed by atoms with E-state index < -0.39 is 68.9 Å². The summed E-state index contributed by atoms with van der Waals surface area (Å²) < 4.78 is 79.3. The predicted molar refractivity (Wildman–Crippen MR) is 172 cm³/mol. The average Bonchev–Trinajstić information content (AvgIpc) is 3.45. The Bertz CT molecular complexity index is 1570. The lowest BCUT2D eigenvalue weighted by Crippen LogP contribution is -2.57. The summed E-state index contributed by atoms with van der Waals surface area (Å²) in [6.07, 6.45) is 5.51. The van der Waals surface area contributed by atoms with Crippen molar-refractivity contribution < 1.29 is 43.3 Å². The van der Waals surface area contributed by atoms with Gasteiger partial charge >= 0.3 is 16.3 Å². The zero-order valence-electron chi connectivity index (χ0n) is 27.8. The molecule has 2 saturated heterocycles. The molecule has 2 fully saturated rings. The number of anilines is 1. The number of nitrogens with one attached hydrogen (secondary N) is 1. The minimum absolute atomic E-state index is 0.00758. The summed E-state index contributed by atoms with van der Waals surface area (Å²) in [4.78, 5) is 47.3. The van der Waals surface area contributed by atoms with E-state index in [-0.39, 0.29) is 36.3 Å². The van der Waals surface area contributed by atoms with E-state index in [0.717, 1.165) is 16.2 Å². The van der Waals surface area contributed by atoms with Crippen molar-refractivity contribution in [2.75, 3.05) is 25.1 Å². The molecule has 2 aliphatic rings. The predicted octanol–water partition coefficient (Wildman–Crippen LogP) is 6.68. The van der Waals surface area contributed by atoms with E-state index in [0.29, 0.717) is 31.5 Å². The van der Waals surface area contributed by atoms with Gasteiger partial charge in [0.1, 0.15) is 22.6 Å². The van der Waals surface area contributed by atoms with Crippen LogP contribution >= 0.6 is 10.2 Å². The van der Waals surface area contributed by atoms with E-state index >= 15 is 0 Å². The summed E-state index contributed by atoms with van der Waals surface area (Å²) in [5, 5.41) is 12.7. The number of pyridine rings is 1. The number of amides is 3. The Hall–Kier alpha value is -4.17. The van der Waals surface area contributed by atoms with Crippen molar-refractivity contribution in [2.45, 2.75) is 94.1 Å². The number of piperidine rings is 1. The number of halogens is 5. The number of carbonyl (C=O) groups is 3. The van der Waals surface area contributed by atoms with Crippen molar-refractivity contribution in [3.05, 3.63) is 54.4 Å². The van der Waals surface area contributed by atoms with Gasteiger partial charge < -0.3 is 19.7 Å². The number of likely N-dealkylation sites (tertiary alicyclic amines) is 2. The maximum Gasteiger partial charge on any atom is 0.410 e. The topological polar surface area (TPSA) is 128 Å². The molecule has 2 aliphatic heterocycles. The highest BCUT2D eigenvalue weighted by molar-refractivity contribution is 8.45. The first kappa shape index (κ1) is 37.6. The summed E-state index contributed by atoms with van der Waals surface area (Å²) >= 11 is 0. The van der Waals surface area contributed by atoms with Crippen molar-refractivity contribution in [3.63, 3.8) is 0 Å². The van der Waals surface area contributed by atoms with Gasteiger partial charge in [0.05, 0.1) is 18.7 Å². The number of benzene rings is 1. The maximum absolute atomic E-state index is 14.4. The van der Waals surface area contributed by atoms with Gasteiger partial charge in [-0.1, -0.05) is 25.5 Å². The molecule has 0 radical (unpaired) electrons. The van der Waals surface area contributed by atoms with E-state index in [2.05, 4.69) is 10.3 Å². The second-order valence-corrected chi connectivity index (χ2v) is 15.7. The van der Waals surface area contributed by atoms with Crippen LogP contribution in [-0.4, -0.2) is 82.7 Å². The third-order valence-electron chi connectivity index (χ3n) is 8.44. The minimum Gasteiger partial charge on any atom is -0.444 e. The van der Waals surface area contributed by atoms with Gasteiger partial charge in [-0.25, -0.2) is 4.79 Å². The molecular weight excluding hydrogens is 675 g/mol. The molecule has 1 N–H and O–H groups in total. The Kier molecular flexibility index (Phi) is 10.2. The van der Waals surface area contributed by atoms with Gasteiger partial charge in [-0.2, -0.15) is 5.26 Å². The molecule has 1 aromatic heterocycles. The molecule has 270 valence electrons. The van der Waals surface area contributed by atoms with E-state index in [1.807, 2.05) is 6.19 Å². The molecule has 2 aromatic rings. The van der Waals surface area contributed by atoms with Crippen LogP contribution in [0.15, 0.2) is 53.7 Å². The molecule has 0 saturated carbocycles. The SMILES string of the molecule is CO[C@@H]1C[C@H](C(=O)N(c2ccc(S(F)(F)(F)(F)F)cc2)C(C(=O)NC(C)C2CCCCN2C(=O)OC(C)(C)C)c2cccnc2)N(C#N)C1. The molecule has 4 rings (SSSR count). The first-order valence-electron chi connectivity index (χ1n) is 15.7. The summed E-state index contributed by atoms with van der Waals surface area (Å²) in [6.45, 7) is 7.28. The van der Waals surface area contributed by atoms with E-state index in [1.165, 1.54) is 36.5 Å². The highest BCUT2D eigenvalue weighted by atomic mass is 32.5. The van der Waals surface area contributed by atoms with Gasteiger partial charge in [-0.15, -0.1) is 0 Å². The Morgan fingerprint density at radius 2 is 1.78 bits per heavy atom. The van der Waals surface area contributed by atoms with Crippen LogP contribution in [0.4, 0.5) is 29.9 Å². The zero-order chi connectivity index (χ0) is 36.4. The molecule has 11 nitrogen and oxygen atoms in total. The molecule has 5 atom stereocenters. The molecule has 3 unspecified atom stereocenters.